The molecule has 0 saturated carbocycles. The van der Waals surface area contributed by atoms with Crippen LogP contribution in [-0.4, -0.2) is 19.2 Å². The smallest absolute Gasteiger partial charge is 0.156 e. The Kier molecular flexibility index (Phi) is 6.58. The van der Waals surface area contributed by atoms with E-state index in [0.717, 1.165) is 30.7 Å². The largest absolute Gasteiger partial charge is 0.245 e. The molecule has 120 valence electrons. The van der Waals surface area contributed by atoms with Crippen molar-refractivity contribution in [2.75, 3.05) is 5.75 Å². The van der Waals surface area contributed by atoms with Crippen LogP contribution in [0.3, 0.4) is 0 Å². The van der Waals surface area contributed by atoms with Gasteiger partial charge in [0.25, 0.3) is 0 Å². The number of sulfone groups is 1. The minimum atomic E-state index is -3.07. The Morgan fingerprint density at radius 3 is 2.59 bits per heavy atom. The first kappa shape index (κ1) is 17.2. The summed E-state index contributed by atoms with van der Waals surface area (Å²) in [6, 6.07) is 10.0. The molecule has 3 nitrogen and oxygen atoms in total. The number of unbranched alkanes of at least 4 members (excludes halogenated alkanes) is 1. The SMILES string of the molecule is CCCCc1nc(CS(=O)(=O)CCCc2ccccc2)cs1. The molecule has 1 aromatic heterocycles. The van der Waals surface area contributed by atoms with E-state index in [1.807, 2.05) is 35.7 Å². The first-order valence-electron chi connectivity index (χ1n) is 7.76. The highest BCUT2D eigenvalue weighted by Crippen LogP contribution is 2.16. The first-order chi connectivity index (χ1) is 10.6. The van der Waals surface area contributed by atoms with E-state index in [1.165, 1.54) is 5.56 Å². The zero-order chi connectivity index (χ0) is 15.8. The molecule has 2 aromatic rings. The zero-order valence-corrected chi connectivity index (χ0v) is 14.6. The standard InChI is InChI=1S/C17H23NO2S2/c1-2-3-11-17-18-16(13-21-17)14-22(19,20)12-7-10-15-8-5-4-6-9-15/h4-6,8-9,13H,2-3,7,10-12,14H2,1H3. The van der Waals surface area contributed by atoms with Gasteiger partial charge in [-0.05, 0) is 31.2 Å². The molecule has 0 aliphatic heterocycles. The number of aromatic nitrogens is 1. The third kappa shape index (κ3) is 5.89. The highest BCUT2D eigenvalue weighted by atomic mass is 32.2. The minimum Gasteiger partial charge on any atom is -0.245 e. The molecule has 0 atom stereocenters. The van der Waals surface area contributed by atoms with Crippen molar-refractivity contribution in [3.8, 4) is 0 Å². The fraction of sp³-hybridized carbons (Fsp3) is 0.471. The number of hydrogen-bond donors (Lipinski definition) is 0. The van der Waals surface area contributed by atoms with Crippen LogP contribution >= 0.6 is 11.3 Å². The monoisotopic (exact) mass is 337 g/mol. The fourth-order valence-electron chi connectivity index (χ4n) is 2.30. The summed E-state index contributed by atoms with van der Waals surface area (Å²) in [7, 11) is -3.07. The Morgan fingerprint density at radius 1 is 1.09 bits per heavy atom. The molecule has 0 saturated heterocycles. The quantitative estimate of drug-likeness (QED) is 0.694. The topological polar surface area (TPSA) is 47.0 Å². The van der Waals surface area contributed by atoms with Gasteiger partial charge in [-0.2, -0.15) is 0 Å². The second-order valence-electron chi connectivity index (χ2n) is 5.52. The fourth-order valence-corrected chi connectivity index (χ4v) is 4.57. The van der Waals surface area contributed by atoms with Crippen LogP contribution in [0.1, 0.15) is 42.5 Å². The number of rotatable bonds is 9. The second-order valence-corrected chi connectivity index (χ2v) is 8.64. The summed E-state index contributed by atoms with van der Waals surface area (Å²) in [5.41, 5.74) is 1.89. The molecule has 2 rings (SSSR count). The summed E-state index contributed by atoms with van der Waals surface area (Å²) in [5.74, 6) is 0.300. The molecule has 0 aliphatic rings. The van der Waals surface area contributed by atoms with Gasteiger partial charge in [0, 0.05) is 5.38 Å². The maximum absolute atomic E-state index is 12.2. The van der Waals surface area contributed by atoms with Gasteiger partial charge in [-0.25, -0.2) is 13.4 Å². The average Bonchev–Trinajstić information content (AvgIpc) is 2.92. The van der Waals surface area contributed by atoms with Crippen LogP contribution < -0.4 is 0 Å². The van der Waals surface area contributed by atoms with Crippen molar-refractivity contribution in [3.63, 3.8) is 0 Å². The van der Waals surface area contributed by atoms with E-state index in [0.29, 0.717) is 12.1 Å². The Labute approximate surface area is 137 Å². The number of nitrogens with zero attached hydrogens (tertiary/aromatic N) is 1. The molecular weight excluding hydrogens is 314 g/mol. The molecule has 0 spiro atoms. The lowest BCUT2D eigenvalue weighted by atomic mass is 10.1. The Bertz CT molecular complexity index is 663. The number of hydrogen-bond acceptors (Lipinski definition) is 4. The van der Waals surface area contributed by atoms with Gasteiger partial charge in [0.1, 0.15) is 0 Å². The van der Waals surface area contributed by atoms with E-state index < -0.39 is 9.84 Å². The van der Waals surface area contributed by atoms with E-state index in [1.54, 1.807) is 11.3 Å². The minimum absolute atomic E-state index is 0.0738. The van der Waals surface area contributed by atoms with Crippen molar-refractivity contribution in [3.05, 3.63) is 52.0 Å². The number of thiazole rings is 1. The molecule has 0 bridgehead atoms. The summed E-state index contributed by atoms with van der Waals surface area (Å²) in [4.78, 5) is 4.44. The molecule has 0 unspecified atom stereocenters. The highest BCUT2D eigenvalue weighted by Gasteiger charge is 2.14. The lowest BCUT2D eigenvalue weighted by Gasteiger charge is -2.03. The lowest BCUT2D eigenvalue weighted by Crippen LogP contribution is -2.10. The summed E-state index contributed by atoms with van der Waals surface area (Å²) < 4.78 is 24.4. The van der Waals surface area contributed by atoms with Gasteiger partial charge in [0.2, 0.25) is 0 Å². The molecule has 0 N–H and O–H groups in total. The first-order valence-corrected chi connectivity index (χ1v) is 10.5. The normalized spacial score (nSPS) is 11.7. The molecule has 0 radical (unpaired) electrons. The summed E-state index contributed by atoms with van der Waals surface area (Å²) >= 11 is 1.58. The van der Waals surface area contributed by atoms with Crippen LogP contribution in [0.2, 0.25) is 0 Å². The van der Waals surface area contributed by atoms with Crippen molar-refractivity contribution < 1.29 is 8.42 Å². The van der Waals surface area contributed by atoms with Crippen molar-refractivity contribution in [1.29, 1.82) is 0 Å². The van der Waals surface area contributed by atoms with Gasteiger partial charge in [-0.1, -0.05) is 43.7 Å². The van der Waals surface area contributed by atoms with E-state index >= 15 is 0 Å². The maximum atomic E-state index is 12.2. The van der Waals surface area contributed by atoms with Crippen LogP contribution in [0.5, 0.6) is 0 Å². The van der Waals surface area contributed by atoms with Gasteiger partial charge < -0.3 is 0 Å². The predicted octanol–water partition coefficient (Wildman–Crippen LogP) is 4.03. The van der Waals surface area contributed by atoms with E-state index in [2.05, 4.69) is 11.9 Å². The molecule has 5 heteroatoms. The van der Waals surface area contributed by atoms with Gasteiger partial charge >= 0.3 is 0 Å². The molecule has 22 heavy (non-hydrogen) atoms. The molecule has 0 amide bonds. The highest BCUT2D eigenvalue weighted by molar-refractivity contribution is 7.90. The summed E-state index contributed by atoms with van der Waals surface area (Å²) in [5, 5.41) is 2.94. The van der Waals surface area contributed by atoms with Crippen LogP contribution in [0.15, 0.2) is 35.7 Å². The predicted molar refractivity (Wildman–Crippen MR) is 93.0 cm³/mol. The molecule has 0 fully saturated rings. The van der Waals surface area contributed by atoms with E-state index in [4.69, 9.17) is 0 Å². The average molecular weight is 338 g/mol. The van der Waals surface area contributed by atoms with Gasteiger partial charge in [-0.15, -0.1) is 11.3 Å². The van der Waals surface area contributed by atoms with E-state index in [9.17, 15) is 8.42 Å². The summed E-state index contributed by atoms with van der Waals surface area (Å²) in [6.07, 6.45) is 4.66. The van der Waals surface area contributed by atoms with Gasteiger partial charge in [0.15, 0.2) is 9.84 Å². The van der Waals surface area contributed by atoms with Crippen molar-refractivity contribution in [2.45, 2.75) is 44.8 Å². The third-order valence-electron chi connectivity index (χ3n) is 3.47. The van der Waals surface area contributed by atoms with Crippen LogP contribution in [0.25, 0.3) is 0 Å². The molecule has 1 aromatic carbocycles. The Balaban J connectivity index is 1.81. The number of aryl methyl sites for hydroxylation is 2. The molecule has 0 aliphatic carbocycles. The van der Waals surface area contributed by atoms with Crippen molar-refractivity contribution in [1.82, 2.24) is 4.98 Å². The lowest BCUT2D eigenvalue weighted by molar-refractivity contribution is 0.592. The van der Waals surface area contributed by atoms with E-state index in [-0.39, 0.29) is 11.5 Å². The molecule has 1 heterocycles. The summed E-state index contributed by atoms with van der Waals surface area (Å²) in [6.45, 7) is 2.14. The van der Waals surface area contributed by atoms with Gasteiger partial charge in [-0.3, -0.25) is 0 Å². The van der Waals surface area contributed by atoms with Crippen LogP contribution in [-0.2, 0) is 28.4 Å². The van der Waals surface area contributed by atoms with Crippen LogP contribution in [0, 0.1) is 0 Å². The van der Waals surface area contributed by atoms with Gasteiger partial charge in [0.05, 0.1) is 22.2 Å². The number of benzene rings is 1. The molecular formula is C17H23NO2S2. The maximum Gasteiger partial charge on any atom is 0.156 e. The Hall–Kier alpha value is -1.20. The van der Waals surface area contributed by atoms with Crippen molar-refractivity contribution >= 4 is 21.2 Å². The third-order valence-corrected chi connectivity index (χ3v) is 6.08. The zero-order valence-electron chi connectivity index (χ0n) is 13.0. The van der Waals surface area contributed by atoms with Crippen molar-refractivity contribution in [2.24, 2.45) is 0 Å². The Morgan fingerprint density at radius 2 is 1.86 bits per heavy atom. The second kappa shape index (κ2) is 8.44. The van der Waals surface area contributed by atoms with Crippen LogP contribution in [0.4, 0.5) is 0 Å².